The molecule has 0 aromatic carbocycles. The molecule has 1 aliphatic rings. The van der Waals surface area contributed by atoms with Crippen LogP contribution in [0.1, 0.15) is 47.0 Å². The monoisotopic (exact) mass is 198 g/mol. The minimum atomic E-state index is 0.307. The fourth-order valence-electron chi connectivity index (χ4n) is 2.24. The molecule has 1 atom stereocenters. The molecule has 2 heteroatoms. The molecule has 0 aliphatic carbocycles. The molecule has 0 radical (unpaired) electrons. The van der Waals surface area contributed by atoms with Crippen LogP contribution in [0.4, 0.5) is 0 Å². The van der Waals surface area contributed by atoms with E-state index in [2.05, 4.69) is 32.6 Å². The molecule has 2 nitrogen and oxygen atoms in total. The van der Waals surface area contributed by atoms with Crippen LogP contribution >= 0.6 is 0 Å². The number of rotatable bonds is 4. The van der Waals surface area contributed by atoms with E-state index in [0.717, 1.165) is 13.1 Å². The summed E-state index contributed by atoms with van der Waals surface area (Å²) in [6, 6.07) is 0. The van der Waals surface area contributed by atoms with Crippen molar-refractivity contribution >= 4 is 0 Å². The zero-order valence-corrected chi connectivity index (χ0v) is 10.3. The Morgan fingerprint density at radius 2 is 2.07 bits per heavy atom. The first-order chi connectivity index (χ1) is 6.43. The Labute approximate surface area is 88.8 Å². The minimum Gasteiger partial charge on any atom is -0.330 e. The maximum Gasteiger partial charge on any atom is 0.0153 e. The maximum absolute atomic E-state index is 5.86. The molecule has 1 fully saturated rings. The van der Waals surface area contributed by atoms with E-state index in [4.69, 9.17) is 5.73 Å². The highest BCUT2D eigenvalue weighted by Gasteiger charge is 2.35. The number of hydrogen-bond acceptors (Lipinski definition) is 2. The molecule has 1 rings (SSSR count). The van der Waals surface area contributed by atoms with Crippen molar-refractivity contribution < 1.29 is 0 Å². The Kier molecular flexibility index (Phi) is 3.59. The fourth-order valence-corrected chi connectivity index (χ4v) is 2.24. The summed E-state index contributed by atoms with van der Waals surface area (Å²) in [5, 5.41) is 0. The number of nitrogens with two attached hydrogens (primary N) is 1. The zero-order valence-electron chi connectivity index (χ0n) is 10.3. The standard InChI is InChI=1S/C12H26N2/c1-5-12(4,9-13)10-14-8-6-7-11(14,2)3/h5-10,13H2,1-4H3. The highest BCUT2D eigenvalue weighted by molar-refractivity contribution is 4.91. The van der Waals surface area contributed by atoms with Crippen molar-refractivity contribution in [2.24, 2.45) is 11.1 Å². The molecule has 0 saturated carbocycles. The van der Waals surface area contributed by atoms with Gasteiger partial charge in [-0.25, -0.2) is 0 Å². The van der Waals surface area contributed by atoms with E-state index in [1.165, 1.54) is 25.8 Å². The van der Waals surface area contributed by atoms with Crippen LogP contribution in [-0.2, 0) is 0 Å². The van der Waals surface area contributed by atoms with Gasteiger partial charge >= 0.3 is 0 Å². The van der Waals surface area contributed by atoms with E-state index < -0.39 is 0 Å². The van der Waals surface area contributed by atoms with E-state index in [0.29, 0.717) is 11.0 Å². The number of likely N-dealkylation sites (tertiary alicyclic amines) is 1. The fraction of sp³-hybridized carbons (Fsp3) is 1.00. The van der Waals surface area contributed by atoms with Crippen molar-refractivity contribution in [1.29, 1.82) is 0 Å². The molecule has 0 aromatic heterocycles. The van der Waals surface area contributed by atoms with Gasteiger partial charge in [0.2, 0.25) is 0 Å². The van der Waals surface area contributed by atoms with Gasteiger partial charge in [0, 0.05) is 12.1 Å². The van der Waals surface area contributed by atoms with Crippen LogP contribution < -0.4 is 5.73 Å². The lowest BCUT2D eigenvalue weighted by Gasteiger charge is -2.39. The van der Waals surface area contributed by atoms with E-state index in [1.807, 2.05) is 0 Å². The Balaban J connectivity index is 2.59. The van der Waals surface area contributed by atoms with Gasteiger partial charge in [0.1, 0.15) is 0 Å². The van der Waals surface area contributed by atoms with Crippen LogP contribution in [0.5, 0.6) is 0 Å². The van der Waals surface area contributed by atoms with Crippen LogP contribution in [0.15, 0.2) is 0 Å². The second-order valence-corrected chi connectivity index (χ2v) is 5.71. The van der Waals surface area contributed by atoms with Crippen LogP contribution in [0, 0.1) is 5.41 Å². The number of hydrogen-bond donors (Lipinski definition) is 1. The smallest absolute Gasteiger partial charge is 0.0153 e. The van der Waals surface area contributed by atoms with Crippen molar-refractivity contribution in [2.45, 2.75) is 52.5 Å². The molecule has 1 aliphatic heterocycles. The molecule has 0 spiro atoms. The summed E-state index contributed by atoms with van der Waals surface area (Å²) in [7, 11) is 0. The molecule has 1 unspecified atom stereocenters. The molecule has 0 bridgehead atoms. The molecular formula is C12H26N2. The highest BCUT2D eigenvalue weighted by Crippen LogP contribution is 2.32. The summed E-state index contributed by atoms with van der Waals surface area (Å²) in [5.74, 6) is 0. The number of nitrogens with zero attached hydrogens (tertiary/aromatic N) is 1. The largest absolute Gasteiger partial charge is 0.330 e. The zero-order chi connectivity index (χ0) is 10.8. The summed E-state index contributed by atoms with van der Waals surface area (Å²) in [6.45, 7) is 12.5. The van der Waals surface area contributed by atoms with Gasteiger partial charge < -0.3 is 5.73 Å². The normalized spacial score (nSPS) is 26.4. The summed E-state index contributed by atoms with van der Waals surface area (Å²) in [5.41, 5.74) is 6.56. The summed E-state index contributed by atoms with van der Waals surface area (Å²) < 4.78 is 0. The first-order valence-corrected chi connectivity index (χ1v) is 5.89. The lowest BCUT2D eigenvalue weighted by atomic mass is 9.86. The van der Waals surface area contributed by atoms with Gasteiger partial charge in [-0.05, 0) is 51.6 Å². The van der Waals surface area contributed by atoms with Gasteiger partial charge in [-0.2, -0.15) is 0 Å². The molecule has 1 heterocycles. The van der Waals surface area contributed by atoms with Gasteiger partial charge in [0.25, 0.3) is 0 Å². The van der Waals surface area contributed by atoms with Crippen molar-refractivity contribution in [3.63, 3.8) is 0 Å². The molecule has 14 heavy (non-hydrogen) atoms. The molecule has 1 saturated heterocycles. The van der Waals surface area contributed by atoms with Gasteiger partial charge in [-0.15, -0.1) is 0 Å². The lowest BCUT2D eigenvalue weighted by molar-refractivity contribution is 0.106. The van der Waals surface area contributed by atoms with Crippen molar-refractivity contribution in [2.75, 3.05) is 19.6 Å². The minimum absolute atomic E-state index is 0.307. The Morgan fingerprint density at radius 1 is 1.43 bits per heavy atom. The second kappa shape index (κ2) is 4.19. The maximum atomic E-state index is 5.86. The predicted octanol–water partition coefficient (Wildman–Crippen LogP) is 2.24. The predicted molar refractivity (Wildman–Crippen MR) is 62.3 cm³/mol. The van der Waals surface area contributed by atoms with Crippen LogP contribution in [0.2, 0.25) is 0 Å². The SMILES string of the molecule is CCC(C)(CN)CN1CCCC1(C)C. The van der Waals surface area contributed by atoms with Crippen molar-refractivity contribution in [1.82, 2.24) is 4.90 Å². The molecule has 2 N–H and O–H groups in total. The van der Waals surface area contributed by atoms with Crippen molar-refractivity contribution in [3.05, 3.63) is 0 Å². The van der Waals surface area contributed by atoms with E-state index in [1.54, 1.807) is 0 Å². The first-order valence-electron chi connectivity index (χ1n) is 5.89. The van der Waals surface area contributed by atoms with Crippen LogP contribution in [-0.4, -0.2) is 30.1 Å². The summed E-state index contributed by atoms with van der Waals surface area (Å²) in [6.07, 6.45) is 3.85. The van der Waals surface area contributed by atoms with Crippen molar-refractivity contribution in [3.8, 4) is 0 Å². The van der Waals surface area contributed by atoms with Gasteiger partial charge in [-0.3, -0.25) is 4.90 Å². The molecular weight excluding hydrogens is 172 g/mol. The lowest BCUT2D eigenvalue weighted by Crippen LogP contribution is -2.46. The molecule has 0 amide bonds. The van der Waals surface area contributed by atoms with Crippen LogP contribution in [0.25, 0.3) is 0 Å². The average Bonchev–Trinajstić information content (AvgIpc) is 2.46. The van der Waals surface area contributed by atoms with Gasteiger partial charge in [-0.1, -0.05) is 13.8 Å². The Bertz CT molecular complexity index is 183. The average molecular weight is 198 g/mol. The third-order valence-electron chi connectivity index (χ3n) is 3.99. The summed E-state index contributed by atoms with van der Waals surface area (Å²) >= 11 is 0. The van der Waals surface area contributed by atoms with Crippen LogP contribution in [0.3, 0.4) is 0 Å². The van der Waals surface area contributed by atoms with Gasteiger partial charge in [0.05, 0.1) is 0 Å². The Hall–Kier alpha value is -0.0800. The summed E-state index contributed by atoms with van der Waals surface area (Å²) in [4.78, 5) is 2.61. The third kappa shape index (κ3) is 2.48. The Morgan fingerprint density at radius 3 is 2.43 bits per heavy atom. The third-order valence-corrected chi connectivity index (χ3v) is 3.99. The van der Waals surface area contributed by atoms with E-state index in [9.17, 15) is 0 Å². The second-order valence-electron chi connectivity index (χ2n) is 5.71. The van der Waals surface area contributed by atoms with E-state index >= 15 is 0 Å². The topological polar surface area (TPSA) is 29.3 Å². The highest BCUT2D eigenvalue weighted by atomic mass is 15.2. The van der Waals surface area contributed by atoms with E-state index in [-0.39, 0.29) is 0 Å². The first kappa shape index (κ1) is 12.0. The van der Waals surface area contributed by atoms with Gasteiger partial charge in [0.15, 0.2) is 0 Å². The molecule has 84 valence electrons. The molecule has 0 aromatic rings. The quantitative estimate of drug-likeness (QED) is 0.750.